The van der Waals surface area contributed by atoms with E-state index >= 15 is 0 Å². The van der Waals surface area contributed by atoms with Crippen molar-refractivity contribution in [2.75, 3.05) is 11.9 Å². The first-order valence-corrected chi connectivity index (χ1v) is 6.66. The summed E-state index contributed by atoms with van der Waals surface area (Å²) in [5, 5.41) is 3.28. The minimum atomic E-state index is -4.62. The van der Waals surface area contributed by atoms with Gasteiger partial charge in [-0.25, -0.2) is 0 Å². The van der Waals surface area contributed by atoms with E-state index in [1.54, 1.807) is 12.1 Å². The van der Waals surface area contributed by atoms with Gasteiger partial charge in [-0.15, -0.1) is 13.2 Å². The van der Waals surface area contributed by atoms with E-state index in [0.29, 0.717) is 11.8 Å². The molecule has 0 amide bonds. The van der Waals surface area contributed by atoms with E-state index in [9.17, 15) is 13.2 Å². The molecule has 2 aliphatic rings. The van der Waals surface area contributed by atoms with Crippen molar-refractivity contribution in [3.63, 3.8) is 0 Å². The first-order valence-electron chi connectivity index (χ1n) is 6.66. The number of alkyl halides is 3. The summed E-state index contributed by atoms with van der Waals surface area (Å²) >= 11 is 0. The van der Waals surface area contributed by atoms with Crippen molar-refractivity contribution in [2.24, 2.45) is 5.92 Å². The van der Waals surface area contributed by atoms with Crippen LogP contribution in [0.1, 0.15) is 37.2 Å². The minimum Gasteiger partial charge on any atom is -0.406 e. The summed E-state index contributed by atoms with van der Waals surface area (Å²) in [6.45, 7) is 0.829. The Hall–Kier alpha value is -1.39. The third-order valence-electron chi connectivity index (χ3n) is 4.14. The van der Waals surface area contributed by atoms with E-state index in [4.69, 9.17) is 0 Å². The van der Waals surface area contributed by atoms with Crippen LogP contribution in [0.5, 0.6) is 5.75 Å². The number of anilines is 1. The quantitative estimate of drug-likeness (QED) is 0.866. The zero-order valence-corrected chi connectivity index (χ0v) is 10.5. The molecule has 0 aromatic heterocycles. The zero-order chi connectivity index (χ0) is 13.5. The first-order chi connectivity index (χ1) is 9.03. The molecule has 1 atom stereocenters. The number of hydrogen-bond donors (Lipinski definition) is 1. The monoisotopic (exact) mass is 271 g/mol. The highest BCUT2D eigenvalue weighted by Gasteiger charge is 2.34. The predicted octanol–water partition coefficient (Wildman–Crippen LogP) is 4.28. The summed E-state index contributed by atoms with van der Waals surface area (Å²) < 4.78 is 40.8. The molecule has 0 bridgehead atoms. The molecule has 1 heterocycles. The molecule has 1 unspecified atom stereocenters. The smallest absolute Gasteiger partial charge is 0.406 e. The Bertz CT molecular complexity index is 466. The molecule has 1 aliphatic carbocycles. The van der Waals surface area contributed by atoms with Gasteiger partial charge in [-0.2, -0.15) is 0 Å². The average molecular weight is 271 g/mol. The van der Waals surface area contributed by atoms with E-state index in [1.165, 1.54) is 31.7 Å². The van der Waals surface area contributed by atoms with Crippen molar-refractivity contribution in [1.82, 2.24) is 0 Å². The van der Waals surface area contributed by atoms with Crippen LogP contribution in [0.4, 0.5) is 18.9 Å². The summed E-state index contributed by atoms with van der Waals surface area (Å²) in [6.07, 6.45) is 0.194. The van der Waals surface area contributed by atoms with Crippen molar-refractivity contribution in [3.05, 3.63) is 23.8 Å². The first kappa shape index (κ1) is 12.6. The van der Waals surface area contributed by atoms with Crippen LogP contribution in [0.15, 0.2) is 18.2 Å². The maximum absolute atomic E-state index is 12.3. The van der Waals surface area contributed by atoms with Gasteiger partial charge in [0.25, 0.3) is 0 Å². The number of nitrogens with one attached hydrogen (secondary N) is 1. The lowest BCUT2D eigenvalue weighted by molar-refractivity contribution is -0.274. The number of hydrogen-bond acceptors (Lipinski definition) is 2. The molecule has 0 saturated heterocycles. The SMILES string of the molecule is FC(F)(F)Oc1ccc2c(c1)C(C1CCCC1)CN2. The third kappa shape index (κ3) is 2.65. The highest BCUT2D eigenvalue weighted by molar-refractivity contribution is 5.60. The standard InChI is InChI=1S/C14H16F3NO/c15-14(16,17)19-10-5-6-13-11(7-10)12(8-18-13)9-3-1-2-4-9/h5-7,9,12,18H,1-4,8H2. The summed E-state index contributed by atoms with van der Waals surface area (Å²) in [5.41, 5.74) is 1.93. The van der Waals surface area contributed by atoms with Gasteiger partial charge in [0.15, 0.2) is 0 Å². The highest BCUT2D eigenvalue weighted by Crippen LogP contribution is 2.44. The van der Waals surface area contributed by atoms with E-state index in [1.807, 2.05) is 0 Å². The van der Waals surface area contributed by atoms with Gasteiger partial charge in [0.1, 0.15) is 5.75 Å². The Morgan fingerprint density at radius 1 is 1.16 bits per heavy atom. The Balaban J connectivity index is 1.84. The van der Waals surface area contributed by atoms with Crippen LogP contribution in [0.25, 0.3) is 0 Å². The molecule has 104 valence electrons. The van der Waals surface area contributed by atoms with Crippen molar-refractivity contribution in [2.45, 2.75) is 38.0 Å². The lowest BCUT2D eigenvalue weighted by Gasteiger charge is -2.18. The van der Waals surface area contributed by atoms with Crippen molar-refractivity contribution >= 4 is 5.69 Å². The molecule has 0 radical (unpaired) electrons. The number of benzene rings is 1. The van der Waals surface area contributed by atoms with E-state index in [2.05, 4.69) is 10.1 Å². The average Bonchev–Trinajstić information content (AvgIpc) is 2.93. The second kappa shape index (κ2) is 4.62. The molecule has 2 nitrogen and oxygen atoms in total. The summed E-state index contributed by atoms with van der Waals surface area (Å²) in [7, 11) is 0. The Labute approximate surface area is 109 Å². The van der Waals surface area contributed by atoms with Crippen molar-refractivity contribution in [1.29, 1.82) is 0 Å². The highest BCUT2D eigenvalue weighted by atomic mass is 19.4. The van der Waals surface area contributed by atoms with Crippen LogP contribution in [0.2, 0.25) is 0 Å². The molecule has 0 spiro atoms. The zero-order valence-electron chi connectivity index (χ0n) is 10.5. The lowest BCUT2D eigenvalue weighted by Crippen LogP contribution is -2.17. The minimum absolute atomic E-state index is 0.113. The molecule has 1 aliphatic heterocycles. The predicted molar refractivity (Wildman–Crippen MR) is 66.3 cm³/mol. The molecule has 5 heteroatoms. The van der Waals surface area contributed by atoms with Crippen LogP contribution in [-0.2, 0) is 0 Å². The fourth-order valence-electron chi connectivity index (χ4n) is 3.32. The number of ether oxygens (including phenoxy) is 1. The van der Waals surface area contributed by atoms with E-state index in [0.717, 1.165) is 17.8 Å². The van der Waals surface area contributed by atoms with Crippen molar-refractivity contribution in [3.8, 4) is 5.75 Å². The molecule has 1 saturated carbocycles. The molecule has 1 aromatic rings. The summed E-state index contributed by atoms with van der Waals surface area (Å²) in [5.74, 6) is 0.808. The fourth-order valence-corrected chi connectivity index (χ4v) is 3.32. The normalized spacial score (nSPS) is 23.2. The van der Waals surface area contributed by atoms with Gasteiger partial charge in [0.2, 0.25) is 0 Å². The largest absolute Gasteiger partial charge is 0.573 e. The van der Waals surface area contributed by atoms with Gasteiger partial charge in [-0.05, 0) is 42.5 Å². The van der Waals surface area contributed by atoms with Gasteiger partial charge in [0.05, 0.1) is 0 Å². The molecule has 3 rings (SSSR count). The maximum atomic E-state index is 12.3. The van der Waals surface area contributed by atoms with Gasteiger partial charge < -0.3 is 10.1 Å². The van der Waals surface area contributed by atoms with Gasteiger partial charge >= 0.3 is 6.36 Å². The summed E-state index contributed by atoms with van der Waals surface area (Å²) in [6, 6.07) is 4.60. The number of fused-ring (bicyclic) bond motifs is 1. The van der Waals surface area contributed by atoms with Crippen molar-refractivity contribution < 1.29 is 17.9 Å². The molecular weight excluding hydrogens is 255 g/mol. The molecule has 1 fully saturated rings. The molecule has 19 heavy (non-hydrogen) atoms. The van der Waals surface area contributed by atoms with Crippen LogP contribution in [0, 0.1) is 5.92 Å². The fraction of sp³-hybridized carbons (Fsp3) is 0.571. The van der Waals surface area contributed by atoms with Crippen LogP contribution >= 0.6 is 0 Å². The Kier molecular flexibility index (Phi) is 3.07. The number of rotatable bonds is 2. The lowest BCUT2D eigenvalue weighted by atomic mass is 9.86. The maximum Gasteiger partial charge on any atom is 0.573 e. The van der Waals surface area contributed by atoms with Crippen LogP contribution < -0.4 is 10.1 Å². The Morgan fingerprint density at radius 2 is 1.89 bits per heavy atom. The molecule has 1 aromatic carbocycles. The second-order valence-electron chi connectivity index (χ2n) is 5.33. The van der Waals surface area contributed by atoms with E-state index in [-0.39, 0.29) is 5.75 Å². The Morgan fingerprint density at radius 3 is 2.58 bits per heavy atom. The summed E-state index contributed by atoms with van der Waals surface area (Å²) in [4.78, 5) is 0. The third-order valence-corrected chi connectivity index (χ3v) is 4.14. The second-order valence-corrected chi connectivity index (χ2v) is 5.33. The topological polar surface area (TPSA) is 21.3 Å². The van der Waals surface area contributed by atoms with Gasteiger partial charge in [-0.1, -0.05) is 12.8 Å². The van der Waals surface area contributed by atoms with Crippen LogP contribution in [-0.4, -0.2) is 12.9 Å². The van der Waals surface area contributed by atoms with Gasteiger partial charge in [-0.3, -0.25) is 0 Å². The van der Waals surface area contributed by atoms with E-state index < -0.39 is 6.36 Å². The van der Waals surface area contributed by atoms with Crippen LogP contribution in [0.3, 0.4) is 0 Å². The van der Waals surface area contributed by atoms with Gasteiger partial charge in [0, 0.05) is 18.2 Å². The number of halogens is 3. The molecular formula is C14H16F3NO. The molecule has 1 N–H and O–H groups in total.